The van der Waals surface area contributed by atoms with Crippen molar-refractivity contribution in [3.8, 4) is 0 Å². The number of hydrogen-bond donors (Lipinski definition) is 1. The van der Waals surface area contributed by atoms with Gasteiger partial charge in [0.15, 0.2) is 9.87 Å². The van der Waals surface area contributed by atoms with Gasteiger partial charge in [0.2, 0.25) is 6.41 Å². The summed E-state index contributed by atoms with van der Waals surface area (Å²) in [5.74, 6) is 0. The molecular formula is CH4BNO3S. The first-order chi connectivity index (χ1) is 3.06. The fourth-order valence-corrected chi connectivity index (χ4v) is 0.262. The van der Waals surface area contributed by atoms with Crippen molar-refractivity contribution in [1.29, 1.82) is 0 Å². The Kier molecular flexibility index (Phi) is 1.82. The normalized spacial score (nSPS) is 10.3. The van der Waals surface area contributed by atoms with Gasteiger partial charge in [-0.25, -0.2) is 8.42 Å². The van der Waals surface area contributed by atoms with Crippen LogP contribution in [-0.2, 0) is 14.7 Å². The zero-order valence-corrected chi connectivity index (χ0v) is 4.53. The SMILES string of the molecule is BS(=O)(=O)NC=O. The lowest BCUT2D eigenvalue weighted by atomic mass is 10.8. The Hall–Kier alpha value is -0.515. The Balaban J connectivity index is 3.84. The number of hydrogen-bond acceptors (Lipinski definition) is 3. The van der Waals surface area contributed by atoms with Gasteiger partial charge in [-0.3, -0.25) is 9.52 Å². The number of rotatable bonds is 2. The van der Waals surface area contributed by atoms with Gasteiger partial charge < -0.3 is 0 Å². The van der Waals surface area contributed by atoms with Crippen LogP contribution in [0.3, 0.4) is 0 Å². The van der Waals surface area contributed by atoms with Crippen molar-refractivity contribution in [2.75, 3.05) is 0 Å². The van der Waals surface area contributed by atoms with Crippen LogP contribution in [0.25, 0.3) is 0 Å². The lowest BCUT2D eigenvalue weighted by molar-refractivity contribution is -0.108. The van der Waals surface area contributed by atoms with E-state index in [4.69, 9.17) is 0 Å². The predicted octanol–water partition coefficient (Wildman–Crippen LogP) is -2.39. The smallest absolute Gasteiger partial charge is 0.278 e. The summed E-state index contributed by atoms with van der Waals surface area (Å²) >= 11 is 0. The zero-order valence-electron chi connectivity index (χ0n) is 3.71. The molecule has 0 aromatic carbocycles. The van der Waals surface area contributed by atoms with Crippen LogP contribution in [0.4, 0.5) is 0 Å². The summed E-state index contributed by atoms with van der Waals surface area (Å²) in [5, 5.41) is 0. The molecule has 0 saturated carbocycles. The lowest BCUT2D eigenvalue weighted by Crippen LogP contribution is -2.20. The molecule has 0 heterocycles. The Bertz CT molecular complexity index is 148. The second kappa shape index (κ2) is 1.97. The monoisotopic (exact) mass is 121 g/mol. The van der Waals surface area contributed by atoms with E-state index in [9.17, 15) is 13.2 Å². The van der Waals surface area contributed by atoms with Gasteiger partial charge in [-0.15, -0.1) is 0 Å². The van der Waals surface area contributed by atoms with Gasteiger partial charge in [0.1, 0.15) is 0 Å². The van der Waals surface area contributed by atoms with E-state index in [0.29, 0.717) is 0 Å². The Labute approximate surface area is 42.3 Å². The van der Waals surface area contributed by atoms with E-state index in [2.05, 4.69) is 0 Å². The second-order valence-corrected chi connectivity index (χ2v) is 2.79. The molecular weight excluding hydrogens is 117 g/mol. The van der Waals surface area contributed by atoms with Gasteiger partial charge in [-0.1, -0.05) is 0 Å². The molecule has 4 nitrogen and oxygen atoms in total. The van der Waals surface area contributed by atoms with E-state index in [1.165, 1.54) is 0 Å². The standard InChI is InChI=1S/CH4BNO3S/c2-7(5,6)3-1-4/h1H,2H2,(H,3,4). The van der Waals surface area contributed by atoms with Crippen LogP contribution in [-0.4, -0.2) is 22.0 Å². The summed E-state index contributed by atoms with van der Waals surface area (Å²) < 4.78 is 21.4. The molecule has 1 N–H and O–H groups in total. The van der Waals surface area contributed by atoms with Crippen molar-refractivity contribution in [3.63, 3.8) is 0 Å². The molecule has 0 aliphatic rings. The summed E-state index contributed by atoms with van der Waals surface area (Å²) in [4.78, 5) is 9.33. The van der Waals surface area contributed by atoms with Crippen LogP contribution in [0.2, 0.25) is 0 Å². The maximum Gasteiger partial charge on any atom is 0.283 e. The maximum absolute atomic E-state index is 9.89. The summed E-state index contributed by atoms with van der Waals surface area (Å²) in [6.45, 7) is 0. The second-order valence-electron chi connectivity index (χ2n) is 1.01. The summed E-state index contributed by atoms with van der Waals surface area (Å²) in [7, 11) is -2.39. The molecule has 0 aromatic rings. The van der Waals surface area contributed by atoms with E-state index in [0.717, 1.165) is 7.12 Å². The molecule has 0 aliphatic carbocycles. The Morgan fingerprint density at radius 1 is 1.57 bits per heavy atom. The van der Waals surface area contributed by atoms with Crippen LogP contribution < -0.4 is 4.72 Å². The Morgan fingerprint density at radius 3 is 2.00 bits per heavy atom. The van der Waals surface area contributed by atoms with Crippen molar-refractivity contribution < 1.29 is 13.2 Å². The van der Waals surface area contributed by atoms with Crippen molar-refractivity contribution in [1.82, 2.24) is 4.72 Å². The number of carbonyl (C=O) groups excluding carboxylic acids is 1. The van der Waals surface area contributed by atoms with Crippen LogP contribution >= 0.6 is 0 Å². The molecule has 0 aromatic heterocycles. The molecule has 0 fully saturated rings. The van der Waals surface area contributed by atoms with Gasteiger partial charge in [0.05, 0.1) is 0 Å². The quantitative estimate of drug-likeness (QED) is 0.327. The van der Waals surface area contributed by atoms with Crippen molar-refractivity contribution >= 4 is 23.4 Å². The first kappa shape index (κ1) is 6.48. The minimum atomic E-state index is -3.29. The maximum atomic E-state index is 9.89. The molecule has 0 radical (unpaired) electrons. The summed E-state index contributed by atoms with van der Waals surface area (Å²) in [5.41, 5.74) is 0. The van der Waals surface area contributed by atoms with Gasteiger partial charge in [0.25, 0.3) is 7.12 Å². The molecule has 0 aliphatic heterocycles. The van der Waals surface area contributed by atoms with E-state index in [1.807, 2.05) is 0 Å². The van der Waals surface area contributed by atoms with Gasteiger partial charge >= 0.3 is 0 Å². The van der Waals surface area contributed by atoms with Gasteiger partial charge in [0, 0.05) is 0 Å². The molecule has 7 heavy (non-hydrogen) atoms. The molecule has 40 valence electrons. The summed E-state index contributed by atoms with van der Waals surface area (Å²) in [6, 6.07) is 0. The van der Waals surface area contributed by atoms with Crippen molar-refractivity contribution in [2.45, 2.75) is 0 Å². The third kappa shape index (κ3) is 5.48. The highest BCUT2D eigenvalue weighted by atomic mass is 32.2. The average molecular weight is 121 g/mol. The summed E-state index contributed by atoms with van der Waals surface area (Å²) in [6.07, 6.45) is 0.120. The molecule has 0 rings (SSSR count). The number of nitrogens with one attached hydrogen (secondary N) is 1. The predicted molar refractivity (Wildman–Crippen MR) is 26.7 cm³/mol. The minimum Gasteiger partial charge on any atom is -0.278 e. The largest absolute Gasteiger partial charge is 0.283 e. The average Bonchev–Trinajstić information content (AvgIpc) is 1.30. The van der Waals surface area contributed by atoms with Crippen LogP contribution in [0.1, 0.15) is 0 Å². The highest BCUT2D eigenvalue weighted by molar-refractivity contribution is 8.11. The zero-order chi connectivity index (χ0) is 5.91. The molecule has 0 bridgehead atoms. The third-order valence-corrected chi connectivity index (χ3v) is 0.787. The topological polar surface area (TPSA) is 63.2 Å². The van der Waals surface area contributed by atoms with Crippen LogP contribution in [0.5, 0.6) is 0 Å². The highest BCUT2D eigenvalue weighted by Crippen LogP contribution is 1.61. The number of amides is 1. The highest BCUT2D eigenvalue weighted by Gasteiger charge is 1.92. The molecule has 0 atom stereocenters. The van der Waals surface area contributed by atoms with Gasteiger partial charge in [-0.2, -0.15) is 0 Å². The molecule has 0 unspecified atom stereocenters. The Morgan fingerprint density at radius 2 is 2.00 bits per heavy atom. The first-order valence-corrected chi connectivity index (χ1v) is 3.36. The van der Waals surface area contributed by atoms with Crippen LogP contribution in [0, 0.1) is 0 Å². The fraction of sp³-hybridized carbons (Fsp3) is 0. The fourth-order valence-electron chi connectivity index (χ4n) is 0.0874. The number of carbonyl (C=O) groups is 1. The lowest BCUT2D eigenvalue weighted by Gasteiger charge is -1.86. The van der Waals surface area contributed by atoms with E-state index < -0.39 is 9.87 Å². The first-order valence-electron chi connectivity index (χ1n) is 1.47. The van der Waals surface area contributed by atoms with Crippen molar-refractivity contribution in [2.24, 2.45) is 0 Å². The third-order valence-electron chi connectivity index (χ3n) is 0.262. The minimum absolute atomic E-state index is 0.120. The van der Waals surface area contributed by atoms with E-state index in [1.54, 1.807) is 4.72 Å². The van der Waals surface area contributed by atoms with E-state index >= 15 is 0 Å². The molecule has 6 heteroatoms. The molecule has 1 amide bonds. The van der Waals surface area contributed by atoms with Gasteiger partial charge in [-0.05, 0) is 0 Å². The molecule has 0 spiro atoms. The molecule has 0 saturated heterocycles. The van der Waals surface area contributed by atoms with Crippen molar-refractivity contribution in [3.05, 3.63) is 0 Å². The van der Waals surface area contributed by atoms with E-state index in [-0.39, 0.29) is 6.41 Å². The van der Waals surface area contributed by atoms with Crippen LogP contribution in [0.15, 0.2) is 0 Å².